The number of furan rings is 1. The van der Waals surface area contributed by atoms with Gasteiger partial charge in [-0.15, -0.1) is 0 Å². The number of nitrogens with one attached hydrogen (secondary N) is 1. The lowest BCUT2D eigenvalue weighted by Gasteiger charge is -2.17. The van der Waals surface area contributed by atoms with Crippen molar-refractivity contribution in [2.75, 3.05) is 6.54 Å². The van der Waals surface area contributed by atoms with E-state index in [0.717, 1.165) is 10.0 Å². The molecule has 1 heterocycles. The Balaban J connectivity index is 1.91. The van der Waals surface area contributed by atoms with Crippen molar-refractivity contribution in [1.29, 1.82) is 0 Å². The standard InChI is InChI=1S/C19H18BrNO5S2/c1-14-4-8-16(9-5-14)27(22,23)19(18-3-2-12-26-18)13-21-28(24,25)17-10-6-15(20)7-11-17/h2-12,19,21H,13H2,1H3/t19-/m1/s1. The fraction of sp³-hybridized carbons (Fsp3) is 0.158. The van der Waals surface area contributed by atoms with Crippen LogP contribution in [0.5, 0.6) is 0 Å². The van der Waals surface area contributed by atoms with E-state index in [2.05, 4.69) is 20.7 Å². The lowest BCUT2D eigenvalue weighted by molar-refractivity contribution is 0.486. The molecule has 0 aliphatic carbocycles. The van der Waals surface area contributed by atoms with E-state index in [1.807, 2.05) is 6.92 Å². The Hall–Kier alpha value is -1.94. The molecule has 0 saturated carbocycles. The Morgan fingerprint density at radius 3 is 2.11 bits per heavy atom. The van der Waals surface area contributed by atoms with Gasteiger partial charge < -0.3 is 4.42 Å². The molecule has 0 radical (unpaired) electrons. The van der Waals surface area contributed by atoms with Gasteiger partial charge in [-0.2, -0.15) is 0 Å². The molecule has 1 N–H and O–H groups in total. The number of hydrogen-bond donors (Lipinski definition) is 1. The zero-order chi connectivity index (χ0) is 20.4. The van der Waals surface area contributed by atoms with Crippen molar-refractivity contribution in [3.8, 4) is 0 Å². The van der Waals surface area contributed by atoms with Gasteiger partial charge in [-0.25, -0.2) is 21.6 Å². The highest BCUT2D eigenvalue weighted by Crippen LogP contribution is 2.29. The molecule has 9 heteroatoms. The van der Waals surface area contributed by atoms with Crippen LogP contribution in [-0.4, -0.2) is 23.4 Å². The molecule has 0 unspecified atom stereocenters. The second-order valence-electron chi connectivity index (χ2n) is 6.17. The van der Waals surface area contributed by atoms with Gasteiger partial charge in [0.15, 0.2) is 9.84 Å². The van der Waals surface area contributed by atoms with Gasteiger partial charge in [0, 0.05) is 11.0 Å². The first kappa shape index (κ1) is 20.8. The van der Waals surface area contributed by atoms with Crippen LogP contribution < -0.4 is 4.72 Å². The van der Waals surface area contributed by atoms with Crippen molar-refractivity contribution >= 4 is 35.8 Å². The van der Waals surface area contributed by atoms with Crippen LogP contribution in [-0.2, 0) is 19.9 Å². The summed E-state index contributed by atoms with van der Waals surface area (Å²) in [6.45, 7) is 1.49. The maximum absolute atomic E-state index is 13.1. The van der Waals surface area contributed by atoms with Crippen LogP contribution in [0.15, 0.2) is 85.6 Å². The van der Waals surface area contributed by atoms with E-state index in [1.165, 1.54) is 36.6 Å². The van der Waals surface area contributed by atoms with Crippen molar-refractivity contribution in [2.45, 2.75) is 22.0 Å². The maximum atomic E-state index is 13.1. The molecule has 0 aliphatic rings. The monoisotopic (exact) mass is 483 g/mol. The molecule has 0 saturated heterocycles. The minimum Gasteiger partial charge on any atom is -0.468 e. The minimum atomic E-state index is -3.89. The van der Waals surface area contributed by atoms with E-state index in [4.69, 9.17) is 4.42 Å². The van der Waals surface area contributed by atoms with Gasteiger partial charge in [-0.3, -0.25) is 0 Å². The second kappa shape index (κ2) is 8.20. The van der Waals surface area contributed by atoms with Crippen LogP contribution in [0.3, 0.4) is 0 Å². The predicted molar refractivity (Wildman–Crippen MR) is 109 cm³/mol. The van der Waals surface area contributed by atoms with Gasteiger partial charge in [-0.05, 0) is 55.5 Å². The number of rotatable bonds is 7. The smallest absolute Gasteiger partial charge is 0.240 e. The summed E-state index contributed by atoms with van der Waals surface area (Å²) in [6, 6.07) is 15.5. The molecule has 148 valence electrons. The van der Waals surface area contributed by atoms with Crippen molar-refractivity contribution in [3.05, 3.63) is 82.7 Å². The van der Waals surface area contributed by atoms with Crippen molar-refractivity contribution in [1.82, 2.24) is 4.72 Å². The topological polar surface area (TPSA) is 93.5 Å². The van der Waals surface area contributed by atoms with E-state index in [1.54, 1.807) is 30.3 Å². The van der Waals surface area contributed by atoms with Crippen LogP contribution in [0.25, 0.3) is 0 Å². The normalized spacial score (nSPS) is 13.4. The highest BCUT2D eigenvalue weighted by Gasteiger charge is 2.32. The summed E-state index contributed by atoms with van der Waals surface area (Å²) in [5.41, 5.74) is 0.921. The SMILES string of the molecule is Cc1ccc(S(=O)(=O)[C@H](CNS(=O)(=O)c2ccc(Br)cc2)c2ccco2)cc1. The lowest BCUT2D eigenvalue weighted by atomic mass is 10.2. The van der Waals surface area contributed by atoms with Gasteiger partial charge in [0.2, 0.25) is 10.0 Å². The molecule has 0 aliphatic heterocycles. The molecular formula is C19H18BrNO5S2. The fourth-order valence-electron chi connectivity index (χ4n) is 2.61. The summed E-state index contributed by atoms with van der Waals surface area (Å²) in [5.74, 6) is 0.166. The molecule has 0 fully saturated rings. The summed E-state index contributed by atoms with van der Waals surface area (Å²) in [7, 11) is -7.77. The summed E-state index contributed by atoms with van der Waals surface area (Å²) < 4.78 is 59.8. The lowest BCUT2D eigenvalue weighted by Crippen LogP contribution is -2.31. The zero-order valence-corrected chi connectivity index (χ0v) is 18.1. The van der Waals surface area contributed by atoms with E-state index in [0.29, 0.717) is 0 Å². The molecule has 6 nitrogen and oxygen atoms in total. The third kappa shape index (κ3) is 4.54. The van der Waals surface area contributed by atoms with E-state index in [-0.39, 0.29) is 22.1 Å². The molecule has 0 bridgehead atoms. The molecule has 3 aromatic rings. The molecule has 2 aromatic carbocycles. The number of benzene rings is 2. The number of sulfonamides is 1. The quantitative estimate of drug-likeness (QED) is 0.550. The first-order valence-electron chi connectivity index (χ1n) is 8.29. The number of aryl methyl sites for hydroxylation is 1. The Morgan fingerprint density at radius 1 is 0.929 bits per heavy atom. The van der Waals surface area contributed by atoms with E-state index >= 15 is 0 Å². The first-order chi connectivity index (χ1) is 13.2. The van der Waals surface area contributed by atoms with Crippen molar-refractivity contribution < 1.29 is 21.3 Å². The van der Waals surface area contributed by atoms with Gasteiger partial charge in [0.25, 0.3) is 0 Å². The molecule has 3 rings (SSSR count). The third-order valence-electron chi connectivity index (χ3n) is 4.17. The Labute approximate surface area is 172 Å². The molecule has 28 heavy (non-hydrogen) atoms. The number of halogens is 1. The summed E-state index contributed by atoms with van der Waals surface area (Å²) in [4.78, 5) is 0.143. The Bertz CT molecular complexity index is 1140. The van der Waals surface area contributed by atoms with Crippen LogP contribution in [0, 0.1) is 6.92 Å². The summed E-state index contributed by atoms with van der Waals surface area (Å²) >= 11 is 3.25. The van der Waals surface area contributed by atoms with Gasteiger partial charge in [-0.1, -0.05) is 33.6 Å². The highest BCUT2D eigenvalue weighted by atomic mass is 79.9. The fourth-order valence-corrected chi connectivity index (χ4v) is 5.62. The van der Waals surface area contributed by atoms with Crippen LogP contribution in [0.2, 0.25) is 0 Å². The molecule has 0 spiro atoms. The van der Waals surface area contributed by atoms with E-state index in [9.17, 15) is 16.8 Å². The van der Waals surface area contributed by atoms with Crippen molar-refractivity contribution in [3.63, 3.8) is 0 Å². The van der Waals surface area contributed by atoms with Gasteiger partial charge >= 0.3 is 0 Å². The zero-order valence-electron chi connectivity index (χ0n) is 14.9. The van der Waals surface area contributed by atoms with Gasteiger partial charge in [0.1, 0.15) is 11.0 Å². The Morgan fingerprint density at radius 2 is 1.54 bits per heavy atom. The van der Waals surface area contributed by atoms with Crippen molar-refractivity contribution in [2.24, 2.45) is 0 Å². The second-order valence-corrected chi connectivity index (χ2v) is 11.0. The van der Waals surface area contributed by atoms with Crippen LogP contribution in [0.1, 0.15) is 16.6 Å². The minimum absolute atomic E-state index is 0.0432. The van der Waals surface area contributed by atoms with Crippen LogP contribution in [0.4, 0.5) is 0 Å². The summed E-state index contributed by atoms with van der Waals surface area (Å²) in [6.07, 6.45) is 1.36. The molecule has 1 atom stereocenters. The van der Waals surface area contributed by atoms with Gasteiger partial charge in [0.05, 0.1) is 16.1 Å². The third-order valence-corrected chi connectivity index (χ3v) is 8.21. The molecular weight excluding hydrogens is 466 g/mol. The summed E-state index contributed by atoms with van der Waals surface area (Å²) in [5, 5.41) is -1.20. The van der Waals surface area contributed by atoms with Crippen LogP contribution >= 0.6 is 15.9 Å². The molecule has 1 aromatic heterocycles. The number of sulfone groups is 1. The predicted octanol–water partition coefficient (Wildman–Crippen LogP) is 3.84. The average molecular weight is 484 g/mol. The number of hydrogen-bond acceptors (Lipinski definition) is 5. The highest BCUT2D eigenvalue weighted by molar-refractivity contribution is 9.10. The molecule has 0 amide bonds. The largest absolute Gasteiger partial charge is 0.468 e. The van der Waals surface area contributed by atoms with E-state index < -0.39 is 25.1 Å². The average Bonchev–Trinajstić information content (AvgIpc) is 3.16. The first-order valence-corrected chi connectivity index (χ1v) is 12.1. The maximum Gasteiger partial charge on any atom is 0.240 e. The Kier molecular flexibility index (Phi) is 6.09.